The van der Waals surface area contributed by atoms with E-state index in [1.165, 1.54) is 13.0 Å². The minimum absolute atomic E-state index is 0.0820. The summed E-state index contributed by atoms with van der Waals surface area (Å²) in [6, 6.07) is 4.62. The van der Waals surface area contributed by atoms with Crippen molar-refractivity contribution in [3.63, 3.8) is 0 Å². The van der Waals surface area contributed by atoms with E-state index in [2.05, 4.69) is 5.32 Å². The van der Waals surface area contributed by atoms with Gasteiger partial charge in [-0.15, -0.1) is 0 Å². The lowest BCUT2D eigenvalue weighted by molar-refractivity contribution is -0.145. The lowest BCUT2D eigenvalue weighted by Gasteiger charge is -2.28. The Morgan fingerprint density at radius 2 is 1.96 bits per heavy atom. The highest BCUT2D eigenvalue weighted by atomic mass is 16.5. The SMILES string of the molecule is CC(OCCOCCN)(C(N)=O)c1cccc2c1C(=O)NC2=O. The zero-order chi connectivity index (χ0) is 17.0. The van der Waals surface area contributed by atoms with Gasteiger partial charge in [-0.05, 0) is 13.0 Å². The molecule has 0 radical (unpaired) electrons. The molecular formula is C15H19N3O5. The number of carbonyl (C=O) groups excluding carboxylic acids is 3. The first-order valence-corrected chi connectivity index (χ1v) is 7.12. The normalized spacial score (nSPS) is 15.9. The van der Waals surface area contributed by atoms with E-state index in [1.54, 1.807) is 12.1 Å². The molecule has 0 spiro atoms. The molecule has 124 valence electrons. The number of primary amides is 1. The molecular weight excluding hydrogens is 302 g/mol. The van der Waals surface area contributed by atoms with Gasteiger partial charge in [0.05, 0.1) is 30.9 Å². The van der Waals surface area contributed by atoms with Crippen LogP contribution in [0.15, 0.2) is 18.2 Å². The fourth-order valence-corrected chi connectivity index (χ4v) is 2.39. The monoisotopic (exact) mass is 321 g/mol. The largest absolute Gasteiger partial charge is 0.378 e. The second-order valence-electron chi connectivity index (χ2n) is 5.16. The maximum absolute atomic E-state index is 12.0. The first-order chi connectivity index (χ1) is 10.9. The predicted octanol–water partition coefficient (Wildman–Crippen LogP) is -0.737. The highest BCUT2D eigenvalue weighted by molar-refractivity contribution is 6.22. The maximum atomic E-state index is 12.0. The second-order valence-corrected chi connectivity index (χ2v) is 5.16. The van der Waals surface area contributed by atoms with Crippen LogP contribution in [0.25, 0.3) is 0 Å². The summed E-state index contributed by atoms with van der Waals surface area (Å²) in [5, 5.41) is 2.19. The molecule has 1 aromatic carbocycles. The van der Waals surface area contributed by atoms with Gasteiger partial charge in [0.15, 0.2) is 5.60 Å². The van der Waals surface area contributed by atoms with Crippen LogP contribution in [0.1, 0.15) is 33.2 Å². The smallest absolute Gasteiger partial charge is 0.259 e. The molecule has 1 aliphatic heterocycles. The van der Waals surface area contributed by atoms with Crippen LogP contribution in [0.5, 0.6) is 0 Å². The number of fused-ring (bicyclic) bond motifs is 1. The molecule has 1 atom stereocenters. The molecule has 1 aromatic rings. The molecule has 1 heterocycles. The number of hydrogen-bond donors (Lipinski definition) is 3. The van der Waals surface area contributed by atoms with Gasteiger partial charge in [-0.2, -0.15) is 0 Å². The van der Waals surface area contributed by atoms with Gasteiger partial charge in [-0.25, -0.2) is 0 Å². The van der Waals surface area contributed by atoms with Crippen molar-refractivity contribution in [3.05, 3.63) is 34.9 Å². The van der Waals surface area contributed by atoms with E-state index in [0.717, 1.165) is 0 Å². The van der Waals surface area contributed by atoms with Crippen molar-refractivity contribution in [2.24, 2.45) is 11.5 Å². The Morgan fingerprint density at radius 1 is 1.22 bits per heavy atom. The molecule has 1 aliphatic rings. The van der Waals surface area contributed by atoms with E-state index in [9.17, 15) is 14.4 Å². The van der Waals surface area contributed by atoms with E-state index < -0.39 is 23.3 Å². The highest BCUT2D eigenvalue weighted by Crippen LogP contribution is 2.32. The summed E-state index contributed by atoms with van der Waals surface area (Å²) in [4.78, 5) is 35.7. The van der Waals surface area contributed by atoms with Gasteiger partial charge < -0.3 is 20.9 Å². The zero-order valence-electron chi connectivity index (χ0n) is 12.8. The number of rotatable bonds is 8. The van der Waals surface area contributed by atoms with E-state index in [-0.39, 0.29) is 29.9 Å². The van der Waals surface area contributed by atoms with Crippen molar-refractivity contribution in [2.75, 3.05) is 26.4 Å². The van der Waals surface area contributed by atoms with Crippen LogP contribution in [0, 0.1) is 0 Å². The topological polar surface area (TPSA) is 134 Å². The first kappa shape index (κ1) is 17.1. The summed E-state index contributed by atoms with van der Waals surface area (Å²) in [5.74, 6) is -1.85. The van der Waals surface area contributed by atoms with E-state index in [1.807, 2.05) is 0 Å². The molecule has 0 saturated heterocycles. The Hall–Kier alpha value is -2.29. The lowest BCUT2D eigenvalue weighted by Crippen LogP contribution is -2.43. The van der Waals surface area contributed by atoms with E-state index in [0.29, 0.717) is 13.2 Å². The number of nitrogens with one attached hydrogen (secondary N) is 1. The number of nitrogens with two attached hydrogens (primary N) is 2. The van der Waals surface area contributed by atoms with Gasteiger partial charge in [0.25, 0.3) is 17.7 Å². The van der Waals surface area contributed by atoms with E-state index in [4.69, 9.17) is 20.9 Å². The van der Waals surface area contributed by atoms with E-state index >= 15 is 0 Å². The molecule has 0 saturated carbocycles. The summed E-state index contributed by atoms with van der Waals surface area (Å²) < 4.78 is 10.8. The zero-order valence-corrected chi connectivity index (χ0v) is 12.8. The summed E-state index contributed by atoms with van der Waals surface area (Å²) in [6.07, 6.45) is 0. The molecule has 1 unspecified atom stereocenters. The van der Waals surface area contributed by atoms with Crippen LogP contribution in [0.4, 0.5) is 0 Å². The van der Waals surface area contributed by atoms with Crippen LogP contribution < -0.4 is 16.8 Å². The van der Waals surface area contributed by atoms with Crippen molar-refractivity contribution < 1.29 is 23.9 Å². The molecule has 8 heteroatoms. The molecule has 8 nitrogen and oxygen atoms in total. The van der Waals surface area contributed by atoms with Gasteiger partial charge in [-0.1, -0.05) is 12.1 Å². The molecule has 2 rings (SSSR count). The molecule has 5 N–H and O–H groups in total. The number of imide groups is 1. The van der Waals surface area contributed by atoms with Crippen molar-refractivity contribution in [1.29, 1.82) is 0 Å². The minimum atomic E-state index is -1.56. The van der Waals surface area contributed by atoms with Gasteiger partial charge in [0, 0.05) is 12.1 Å². The maximum Gasteiger partial charge on any atom is 0.259 e. The molecule has 23 heavy (non-hydrogen) atoms. The van der Waals surface area contributed by atoms with Crippen molar-refractivity contribution >= 4 is 17.7 Å². The second kappa shape index (κ2) is 6.86. The first-order valence-electron chi connectivity index (χ1n) is 7.12. The number of carbonyl (C=O) groups is 3. The molecule has 3 amide bonds. The predicted molar refractivity (Wildman–Crippen MR) is 80.6 cm³/mol. The van der Waals surface area contributed by atoms with Crippen molar-refractivity contribution in [3.8, 4) is 0 Å². The van der Waals surface area contributed by atoms with Crippen molar-refractivity contribution in [2.45, 2.75) is 12.5 Å². The summed E-state index contributed by atoms with van der Waals surface area (Å²) in [6.45, 7) is 2.51. The number of hydrogen-bond acceptors (Lipinski definition) is 6. The fourth-order valence-electron chi connectivity index (χ4n) is 2.39. The molecule has 0 fully saturated rings. The summed E-state index contributed by atoms with van der Waals surface area (Å²) >= 11 is 0. The Morgan fingerprint density at radius 3 is 2.61 bits per heavy atom. The third kappa shape index (κ3) is 3.24. The summed E-state index contributed by atoms with van der Waals surface area (Å²) in [5.41, 5.74) is 9.79. The fraction of sp³-hybridized carbons (Fsp3) is 0.400. The Bertz CT molecular complexity index is 646. The quantitative estimate of drug-likeness (QED) is 0.426. The van der Waals surface area contributed by atoms with Crippen molar-refractivity contribution in [1.82, 2.24) is 5.32 Å². The number of amides is 3. The van der Waals surface area contributed by atoms with Gasteiger partial charge in [0.1, 0.15) is 0 Å². The average molecular weight is 321 g/mol. The standard InChI is InChI=1S/C15H19N3O5/c1-15(14(17)21,23-8-7-22-6-5-16)10-4-2-3-9-11(10)13(20)18-12(9)19/h2-4H,5-8,16H2,1H3,(H2,17,21)(H,18,19,20). The lowest BCUT2D eigenvalue weighted by atomic mass is 9.88. The number of ether oxygens (including phenoxy) is 2. The van der Waals surface area contributed by atoms with Crippen LogP contribution in [-0.2, 0) is 19.9 Å². The van der Waals surface area contributed by atoms with Gasteiger partial charge in [-0.3, -0.25) is 19.7 Å². The minimum Gasteiger partial charge on any atom is -0.378 e. The van der Waals surface area contributed by atoms with Crippen LogP contribution >= 0.6 is 0 Å². The number of benzene rings is 1. The van der Waals surface area contributed by atoms with Crippen LogP contribution in [-0.4, -0.2) is 44.1 Å². The third-order valence-corrected chi connectivity index (χ3v) is 3.63. The Balaban J connectivity index is 2.30. The molecule has 0 aromatic heterocycles. The molecule has 0 bridgehead atoms. The van der Waals surface area contributed by atoms with Gasteiger partial charge in [0.2, 0.25) is 0 Å². The van der Waals surface area contributed by atoms with Crippen LogP contribution in [0.3, 0.4) is 0 Å². The Kier molecular flexibility index (Phi) is 5.09. The van der Waals surface area contributed by atoms with Gasteiger partial charge >= 0.3 is 0 Å². The third-order valence-electron chi connectivity index (χ3n) is 3.63. The van der Waals surface area contributed by atoms with Crippen LogP contribution in [0.2, 0.25) is 0 Å². The average Bonchev–Trinajstić information content (AvgIpc) is 2.81. The summed E-state index contributed by atoms with van der Waals surface area (Å²) in [7, 11) is 0. The highest BCUT2D eigenvalue weighted by Gasteiger charge is 2.41. The molecule has 0 aliphatic carbocycles. The Labute approximate surface area is 133 Å².